The van der Waals surface area contributed by atoms with E-state index in [0.717, 1.165) is 5.56 Å². The lowest BCUT2D eigenvalue weighted by atomic mass is 10.0. The maximum atomic E-state index is 11.4. The molecule has 1 rings (SSSR count). The molecule has 0 aliphatic rings. The number of carbonyl (C=O) groups is 1. The molecule has 0 bridgehead atoms. The van der Waals surface area contributed by atoms with E-state index >= 15 is 0 Å². The summed E-state index contributed by atoms with van der Waals surface area (Å²) in [4.78, 5) is 10.9. The lowest BCUT2D eigenvalue weighted by Gasteiger charge is -2.19. The van der Waals surface area contributed by atoms with Crippen LogP contribution >= 0.6 is 15.9 Å². The molecule has 0 saturated carbocycles. The van der Waals surface area contributed by atoms with Gasteiger partial charge in [-0.2, -0.15) is 0 Å². The molecule has 16 heavy (non-hydrogen) atoms. The van der Waals surface area contributed by atoms with Crippen molar-refractivity contribution in [3.05, 3.63) is 35.4 Å². The highest BCUT2D eigenvalue weighted by molar-refractivity contribution is 9.10. The standard InChI is InChI=1S/C12H15BrO3/c1-8-4-6-9(7-5-8)11(15-2)10(13)12(14)16-3/h4-7,10-11H,1-3H3. The number of halogens is 1. The molecule has 0 N–H and O–H groups in total. The fourth-order valence-electron chi connectivity index (χ4n) is 1.42. The van der Waals surface area contributed by atoms with Crippen LogP contribution in [-0.4, -0.2) is 25.0 Å². The fraction of sp³-hybridized carbons (Fsp3) is 0.417. The van der Waals surface area contributed by atoms with Gasteiger partial charge in [-0.25, -0.2) is 0 Å². The second kappa shape index (κ2) is 6.01. The largest absolute Gasteiger partial charge is 0.468 e. The molecule has 0 amide bonds. The van der Waals surface area contributed by atoms with Crippen LogP contribution in [0.2, 0.25) is 0 Å². The first-order valence-corrected chi connectivity index (χ1v) is 5.83. The average molecular weight is 287 g/mol. The predicted molar refractivity (Wildman–Crippen MR) is 65.7 cm³/mol. The number of rotatable bonds is 4. The number of hydrogen-bond donors (Lipinski definition) is 0. The van der Waals surface area contributed by atoms with Crippen molar-refractivity contribution >= 4 is 21.9 Å². The van der Waals surface area contributed by atoms with Gasteiger partial charge in [0.05, 0.1) is 7.11 Å². The first-order valence-electron chi connectivity index (χ1n) is 4.91. The highest BCUT2D eigenvalue weighted by Crippen LogP contribution is 2.26. The van der Waals surface area contributed by atoms with Crippen molar-refractivity contribution in [3.63, 3.8) is 0 Å². The Balaban J connectivity index is 2.89. The highest BCUT2D eigenvalue weighted by Gasteiger charge is 2.27. The van der Waals surface area contributed by atoms with Crippen LogP contribution in [-0.2, 0) is 14.3 Å². The van der Waals surface area contributed by atoms with Crippen molar-refractivity contribution in [2.24, 2.45) is 0 Å². The van der Waals surface area contributed by atoms with E-state index in [-0.39, 0.29) is 12.1 Å². The second-order valence-electron chi connectivity index (χ2n) is 3.49. The molecule has 88 valence electrons. The van der Waals surface area contributed by atoms with Crippen LogP contribution in [0.5, 0.6) is 0 Å². The minimum atomic E-state index is -0.495. The number of alkyl halides is 1. The van der Waals surface area contributed by atoms with Crippen molar-refractivity contribution in [1.29, 1.82) is 0 Å². The Morgan fingerprint density at radius 3 is 2.25 bits per heavy atom. The van der Waals surface area contributed by atoms with Gasteiger partial charge in [-0.1, -0.05) is 45.8 Å². The van der Waals surface area contributed by atoms with Crippen molar-refractivity contribution in [2.45, 2.75) is 17.9 Å². The normalized spacial score (nSPS) is 14.2. The Bertz CT molecular complexity index is 348. The third-order valence-electron chi connectivity index (χ3n) is 2.35. The van der Waals surface area contributed by atoms with E-state index in [1.54, 1.807) is 7.11 Å². The Morgan fingerprint density at radius 2 is 1.81 bits per heavy atom. The first kappa shape index (κ1) is 13.2. The maximum absolute atomic E-state index is 11.4. The van der Waals surface area contributed by atoms with Crippen LogP contribution in [0.3, 0.4) is 0 Å². The van der Waals surface area contributed by atoms with Gasteiger partial charge in [0.25, 0.3) is 0 Å². The number of benzene rings is 1. The third-order valence-corrected chi connectivity index (χ3v) is 3.21. The van der Waals surface area contributed by atoms with Crippen LogP contribution in [0.1, 0.15) is 17.2 Å². The summed E-state index contributed by atoms with van der Waals surface area (Å²) in [5.41, 5.74) is 2.11. The van der Waals surface area contributed by atoms with E-state index in [2.05, 4.69) is 20.7 Å². The van der Waals surface area contributed by atoms with Gasteiger partial charge < -0.3 is 9.47 Å². The van der Waals surface area contributed by atoms with E-state index in [0.29, 0.717) is 0 Å². The van der Waals surface area contributed by atoms with E-state index in [1.165, 1.54) is 12.7 Å². The Hall–Kier alpha value is -0.870. The Kier molecular flexibility index (Phi) is 4.96. The topological polar surface area (TPSA) is 35.5 Å². The van der Waals surface area contributed by atoms with Crippen LogP contribution < -0.4 is 0 Å². The molecule has 3 nitrogen and oxygen atoms in total. The number of esters is 1. The van der Waals surface area contributed by atoms with Crippen molar-refractivity contribution in [1.82, 2.24) is 0 Å². The molecular formula is C12H15BrO3. The minimum Gasteiger partial charge on any atom is -0.468 e. The molecule has 1 aromatic rings. The molecule has 0 aliphatic heterocycles. The summed E-state index contributed by atoms with van der Waals surface area (Å²) in [5.74, 6) is -0.340. The lowest BCUT2D eigenvalue weighted by molar-refractivity contribution is -0.142. The Labute approximate surface area is 104 Å². The highest BCUT2D eigenvalue weighted by atomic mass is 79.9. The third kappa shape index (κ3) is 3.06. The molecule has 2 atom stereocenters. The summed E-state index contributed by atoms with van der Waals surface area (Å²) in [7, 11) is 2.93. The molecule has 0 heterocycles. The van der Waals surface area contributed by atoms with Gasteiger partial charge in [0.15, 0.2) is 0 Å². The summed E-state index contributed by atoms with van der Waals surface area (Å²) in [6.45, 7) is 2.01. The van der Waals surface area contributed by atoms with E-state index in [9.17, 15) is 4.79 Å². The van der Waals surface area contributed by atoms with Gasteiger partial charge in [0.1, 0.15) is 10.9 Å². The summed E-state index contributed by atoms with van der Waals surface area (Å²) < 4.78 is 9.99. The molecule has 0 saturated heterocycles. The summed E-state index contributed by atoms with van der Waals surface area (Å²) >= 11 is 3.29. The molecule has 4 heteroatoms. The van der Waals surface area contributed by atoms with Crippen molar-refractivity contribution < 1.29 is 14.3 Å². The minimum absolute atomic E-state index is 0.340. The monoisotopic (exact) mass is 286 g/mol. The van der Waals surface area contributed by atoms with Crippen LogP contribution in [0.25, 0.3) is 0 Å². The van der Waals surface area contributed by atoms with Gasteiger partial charge in [-0.15, -0.1) is 0 Å². The van der Waals surface area contributed by atoms with Crippen LogP contribution in [0.4, 0.5) is 0 Å². The SMILES string of the molecule is COC(=O)C(Br)C(OC)c1ccc(C)cc1. The van der Waals surface area contributed by atoms with Crippen molar-refractivity contribution in [2.75, 3.05) is 14.2 Å². The smallest absolute Gasteiger partial charge is 0.322 e. The zero-order chi connectivity index (χ0) is 12.1. The van der Waals surface area contributed by atoms with E-state index < -0.39 is 4.83 Å². The number of ether oxygens (including phenoxy) is 2. The van der Waals surface area contributed by atoms with Gasteiger partial charge >= 0.3 is 5.97 Å². The quantitative estimate of drug-likeness (QED) is 0.631. The maximum Gasteiger partial charge on any atom is 0.322 e. The number of methoxy groups -OCH3 is 2. The summed E-state index contributed by atoms with van der Waals surface area (Å²) in [6, 6.07) is 7.86. The molecule has 0 aromatic heterocycles. The van der Waals surface area contributed by atoms with E-state index in [1.807, 2.05) is 31.2 Å². The van der Waals surface area contributed by atoms with Gasteiger partial charge in [-0.05, 0) is 12.5 Å². The average Bonchev–Trinajstić information content (AvgIpc) is 2.31. The number of aryl methyl sites for hydroxylation is 1. The number of hydrogen-bond acceptors (Lipinski definition) is 3. The van der Waals surface area contributed by atoms with Gasteiger partial charge in [-0.3, -0.25) is 4.79 Å². The zero-order valence-corrected chi connectivity index (χ0v) is 11.2. The fourth-order valence-corrected chi connectivity index (χ4v) is 2.12. The molecule has 1 aromatic carbocycles. The predicted octanol–water partition coefficient (Wildman–Crippen LogP) is 2.62. The second-order valence-corrected chi connectivity index (χ2v) is 4.48. The van der Waals surface area contributed by atoms with Gasteiger partial charge in [0, 0.05) is 7.11 Å². The Morgan fingerprint density at radius 1 is 1.25 bits per heavy atom. The van der Waals surface area contributed by atoms with Crippen molar-refractivity contribution in [3.8, 4) is 0 Å². The molecular weight excluding hydrogens is 272 g/mol. The molecule has 0 radical (unpaired) electrons. The molecule has 0 aliphatic carbocycles. The summed E-state index contributed by atoms with van der Waals surface area (Å²) in [6.07, 6.45) is -0.340. The summed E-state index contributed by atoms with van der Waals surface area (Å²) in [5, 5.41) is 0. The van der Waals surface area contributed by atoms with E-state index in [4.69, 9.17) is 4.74 Å². The molecule has 2 unspecified atom stereocenters. The molecule has 0 spiro atoms. The number of carbonyl (C=O) groups excluding carboxylic acids is 1. The zero-order valence-electron chi connectivity index (χ0n) is 9.57. The first-order chi connectivity index (χ1) is 7.60. The molecule has 0 fully saturated rings. The van der Waals surface area contributed by atoms with Crippen LogP contribution in [0, 0.1) is 6.92 Å². The van der Waals surface area contributed by atoms with Gasteiger partial charge in [0.2, 0.25) is 0 Å². The lowest BCUT2D eigenvalue weighted by Crippen LogP contribution is -2.25. The van der Waals surface area contributed by atoms with Crippen LogP contribution in [0.15, 0.2) is 24.3 Å².